The Hall–Kier alpha value is -3.68. The molecule has 4 N–H and O–H groups in total. The number of piperazine rings is 1. The molecule has 0 atom stereocenters. The van der Waals surface area contributed by atoms with Crippen LogP contribution in [0.15, 0.2) is 53.3 Å². The summed E-state index contributed by atoms with van der Waals surface area (Å²) < 4.78 is 0. The van der Waals surface area contributed by atoms with Crippen LogP contribution in [0.3, 0.4) is 0 Å². The van der Waals surface area contributed by atoms with Crippen LogP contribution in [0, 0.1) is 5.41 Å². The summed E-state index contributed by atoms with van der Waals surface area (Å²) in [6, 6.07) is 14.1. The Morgan fingerprint density at radius 3 is 2.36 bits per heavy atom. The van der Waals surface area contributed by atoms with Crippen molar-refractivity contribution in [1.82, 2.24) is 14.9 Å². The van der Waals surface area contributed by atoms with E-state index in [-0.39, 0.29) is 17.3 Å². The Morgan fingerprint density at radius 2 is 1.64 bits per heavy atom. The number of para-hydroxylation sites is 1. The molecule has 0 bridgehead atoms. The summed E-state index contributed by atoms with van der Waals surface area (Å²) in [7, 11) is 0. The average molecular weight is 376 g/mol. The van der Waals surface area contributed by atoms with E-state index in [2.05, 4.69) is 9.97 Å². The Bertz CT molecular complexity index is 1110. The van der Waals surface area contributed by atoms with Gasteiger partial charge in [0.2, 0.25) is 5.95 Å². The SMILES string of the molecule is N=C(N)c1ccccc1C(=O)N1CCN(c2nc3ccccc3c(=O)[nH]2)CC1. The summed E-state index contributed by atoms with van der Waals surface area (Å²) in [6.07, 6.45) is 0. The molecule has 0 saturated carbocycles. The van der Waals surface area contributed by atoms with Gasteiger partial charge in [-0.25, -0.2) is 4.98 Å². The zero-order valence-electron chi connectivity index (χ0n) is 15.2. The maximum Gasteiger partial charge on any atom is 0.260 e. The van der Waals surface area contributed by atoms with Crippen LogP contribution in [-0.4, -0.2) is 52.8 Å². The number of nitrogens with one attached hydrogen (secondary N) is 2. The predicted molar refractivity (Wildman–Crippen MR) is 108 cm³/mol. The van der Waals surface area contributed by atoms with E-state index < -0.39 is 0 Å². The summed E-state index contributed by atoms with van der Waals surface area (Å²) in [4.78, 5) is 36.2. The molecule has 0 radical (unpaired) electrons. The highest BCUT2D eigenvalue weighted by molar-refractivity contribution is 6.07. The van der Waals surface area contributed by atoms with Crippen LogP contribution in [0.5, 0.6) is 0 Å². The Balaban J connectivity index is 1.52. The van der Waals surface area contributed by atoms with Crippen molar-refractivity contribution in [3.63, 3.8) is 0 Å². The van der Waals surface area contributed by atoms with Crippen molar-refractivity contribution < 1.29 is 4.79 Å². The molecule has 28 heavy (non-hydrogen) atoms. The van der Waals surface area contributed by atoms with Crippen molar-refractivity contribution in [3.05, 3.63) is 70.0 Å². The van der Waals surface area contributed by atoms with Gasteiger partial charge in [0.25, 0.3) is 11.5 Å². The van der Waals surface area contributed by atoms with Crippen molar-refractivity contribution in [2.24, 2.45) is 5.73 Å². The molecule has 0 spiro atoms. The molecule has 8 heteroatoms. The maximum absolute atomic E-state index is 12.9. The van der Waals surface area contributed by atoms with Crippen LogP contribution in [0.4, 0.5) is 5.95 Å². The van der Waals surface area contributed by atoms with E-state index >= 15 is 0 Å². The highest BCUT2D eigenvalue weighted by Gasteiger charge is 2.25. The minimum absolute atomic E-state index is 0.125. The number of nitrogen functional groups attached to an aromatic ring is 1. The maximum atomic E-state index is 12.9. The lowest BCUT2D eigenvalue weighted by Crippen LogP contribution is -2.49. The monoisotopic (exact) mass is 376 g/mol. The number of rotatable bonds is 3. The number of anilines is 1. The molecule has 0 aliphatic carbocycles. The van der Waals surface area contributed by atoms with Gasteiger partial charge >= 0.3 is 0 Å². The summed E-state index contributed by atoms with van der Waals surface area (Å²) in [5, 5.41) is 8.23. The number of amidine groups is 1. The van der Waals surface area contributed by atoms with Gasteiger partial charge in [-0.3, -0.25) is 20.0 Å². The number of carbonyl (C=O) groups excluding carboxylic acids is 1. The molecule has 142 valence electrons. The van der Waals surface area contributed by atoms with Gasteiger partial charge in [-0.15, -0.1) is 0 Å². The van der Waals surface area contributed by atoms with Gasteiger partial charge in [-0.05, 0) is 18.2 Å². The molecule has 2 aromatic carbocycles. The lowest BCUT2D eigenvalue weighted by molar-refractivity contribution is 0.0746. The third kappa shape index (κ3) is 3.20. The normalized spacial score (nSPS) is 14.3. The zero-order valence-corrected chi connectivity index (χ0v) is 15.2. The molecule has 2 heterocycles. The molecule has 1 aliphatic heterocycles. The Morgan fingerprint density at radius 1 is 1.00 bits per heavy atom. The molecular weight excluding hydrogens is 356 g/mol. The number of benzene rings is 2. The Kier molecular flexibility index (Phi) is 4.52. The minimum atomic E-state index is -0.172. The van der Waals surface area contributed by atoms with E-state index in [4.69, 9.17) is 11.1 Å². The number of amides is 1. The number of aromatic amines is 1. The highest BCUT2D eigenvalue weighted by Crippen LogP contribution is 2.17. The van der Waals surface area contributed by atoms with Crippen molar-refractivity contribution in [3.8, 4) is 0 Å². The number of nitrogens with two attached hydrogens (primary N) is 1. The number of nitrogens with zero attached hydrogens (tertiary/aromatic N) is 3. The van der Waals surface area contributed by atoms with Crippen LogP contribution in [0.2, 0.25) is 0 Å². The van der Waals surface area contributed by atoms with E-state index in [1.54, 1.807) is 35.2 Å². The fourth-order valence-electron chi connectivity index (χ4n) is 3.42. The molecule has 4 rings (SSSR count). The van der Waals surface area contributed by atoms with Crippen LogP contribution in [0.25, 0.3) is 10.9 Å². The van der Waals surface area contributed by atoms with Crippen LogP contribution >= 0.6 is 0 Å². The first-order chi connectivity index (χ1) is 13.5. The molecule has 1 amide bonds. The van der Waals surface area contributed by atoms with Crippen molar-refractivity contribution >= 4 is 28.6 Å². The van der Waals surface area contributed by atoms with Gasteiger partial charge in [-0.1, -0.05) is 30.3 Å². The van der Waals surface area contributed by atoms with Gasteiger partial charge in [0, 0.05) is 31.7 Å². The third-order valence-corrected chi connectivity index (χ3v) is 4.91. The van der Waals surface area contributed by atoms with Crippen molar-refractivity contribution in [2.45, 2.75) is 0 Å². The smallest absolute Gasteiger partial charge is 0.260 e. The molecule has 1 fully saturated rings. The number of H-pyrrole nitrogens is 1. The molecule has 3 aromatic rings. The summed E-state index contributed by atoms with van der Waals surface area (Å²) >= 11 is 0. The number of fused-ring (bicyclic) bond motifs is 1. The lowest BCUT2D eigenvalue weighted by atomic mass is 10.1. The van der Waals surface area contributed by atoms with E-state index in [0.29, 0.717) is 54.2 Å². The van der Waals surface area contributed by atoms with Crippen molar-refractivity contribution in [2.75, 3.05) is 31.1 Å². The van der Waals surface area contributed by atoms with E-state index in [9.17, 15) is 9.59 Å². The predicted octanol–water partition coefficient (Wildman–Crippen LogP) is 1.17. The summed E-state index contributed by atoms with van der Waals surface area (Å²) in [5.41, 5.74) is 6.95. The molecule has 1 aromatic heterocycles. The second kappa shape index (κ2) is 7.15. The molecular formula is C20H20N6O2. The third-order valence-electron chi connectivity index (χ3n) is 4.91. The second-order valence-electron chi connectivity index (χ2n) is 6.65. The van der Waals surface area contributed by atoms with Gasteiger partial charge < -0.3 is 15.5 Å². The van der Waals surface area contributed by atoms with Crippen LogP contribution < -0.4 is 16.2 Å². The molecule has 8 nitrogen and oxygen atoms in total. The highest BCUT2D eigenvalue weighted by atomic mass is 16.2. The number of aromatic nitrogens is 2. The first kappa shape index (κ1) is 17.7. The summed E-state index contributed by atoms with van der Waals surface area (Å²) in [5.74, 6) is 0.242. The first-order valence-electron chi connectivity index (χ1n) is 9.01. The topological polar surface area (TPSA) is 119 Å². The summed E-state index contributed by atoms with van der Waals surface area (Å²) in [6.45, 7) is 2.08. The Labute approximate surface area is 161 Å². The number of hydrogen-bond acceptors (Lipinski definition) is 5. The van der Waals surface area contributed by atoms with Crippen LogP contribution in [-0.2, 0) is 0 Å². The van der Waals surface area contributed by atoms with Gasteiger partial charge in [-0.2, -0.15) is 0 Å². The number of carbonyl (C=O) groups is 1. The number of hydrogen-bond donors (Lipinski definition) is 3. The fraction of sp³-hybridized carbons (Fsp3) is 0.200. The van der Waals surface area contributed by atoms with Gasteiger partial charge in [0.1, 0.15) is 5.84 Å². The molecule has 1 saturated heterocycles. The van der Waals surface area contributed by atoms with E-state index in [1.165, 1.54) is 0 Å². The largest absolute Gasteiger partial charge is 0.384 e. The van der Waals surface area contributed by atoms with Crippen LogP contribution in [0.1, 0.15) is 15.9 Å². The fourth-order valence-corrected chi connectivity index (χ4v) is 3.42. The van der Waals surface area contributed by atoms with Crippen molar-refractivity contribution in [1.29, 1.82) is 5.41 Å². The second-order valence-corrected chi connectivity index (χ2v) is 6.65. The average Bonchev–Trinajstić information content (AvgIpc) is 2.73. The van der Waals surface area contributed by atoms with E-state index in [0.717, 1.165) is 0 Å². The van der Waals surface area contributed by atoms with Gasteiger partial charge in [0.15, 0.2) is 0 Å². The quantitative estimate of drug-likeness (QED) is 0.468. The zero-order chi connectivity index (χ0) is 19.7. The van der Waals surface area contributed by atoms with Gasteiger partial charge in [0.05, 0.1) is 16.5 Å². The van der Waals surface area contributed by atoms with E-state index in [1.807, 2.05) is 23.1 Å². The standard InChI is InChI=1S/C20H20N6O2/c21-17(22)13-5-1-2-6-14(13)19(28)25-9-11-26(12-10-25)20-23-16-8-4-3-7-15(16)18(27)24-20/h1-8H,9-12H2,(H3,21,22)(H,23,24,27). The minimum Gasteiger partial charge on any atom is -0.384 e. The first-order valence-corrected chi connectivity index (χ1v) is 9.01. The lowest BCUT2D eigenvalue weighted by Gasteiger charge is -2.35. The molecule has 1 aliphatic rings. The molecule has 0 unspecified atom stereocenters.